The number of unbranched alkanes of at least 4 members (excludes halogenated alkanes) is 10. The number of aliphatic hydroxyl groups is 1. The molecule has 0 fully saturated rings. The van der Waals surface area contributed by atoms with Gasteiger partial charge in [-0.05, 0) is 6.42 Å². The maximum Gasteiger partial charge on any atom is 0.142 e. The highest BCUT2D eigenvalue weighted by Crippen LogP contribution is 2.14. The molecule has 1 unspecified atom stereocenters. The van der Waals surface area contributed by atoms with Crippen molar-refractivity contribution in [3.8, 4) is 0 Å². The summed E-state index contributed by atoms with van der Waals surface area (Å²) in [6.45, 7) is 2.89. The van der Waals surface area contributed by atoms with Crippen LogP contribution in [0.5, 0.6) is 0 Å². The summed E-state index contributed by atoms with van der Waals surface area (Å²) in [6, 6.07) is 0. The van der Waals surface area contributed by atoms with Crippen molar-refractivity contribution >= 4 is 13.7 Å². The minimum absolute atomic E-state index is 0.196. The van der Waals surface area contributed by atoms with E-state index in [2.05, 4.69) is 6.92 Å². The van der Waals surface area contributed by atoms with Crippen molar-refractivity contribution in [3.63, 3.8) is 0 Å². The van der Waals surface area contributed by atoms with Crippen LogP contribution in [0.15, 0.2) is 0 Å². The van der Waals surface area contributed by atoms with E-state index in [1.165, 1.54) is 57.8 Å². The van der Waals surface area contributed by atoms with E-state index in [1.54, 1.807) is 0 Å². The summed E-state index contributed by atoms with van der Waals surface area (Å²) in [7, 11) is 6.69. The van der Waals surface area contributed by atoms with Gasteiger partial charge in [-0.2, -0.15) is 0 Å². The molecule has 0 amide bonds. The normalized spacial score (nSPS) is 14.3. The highest BCUT2D eigenvalue weighted by atomic mass is 31.1. The predicted octanol–water partition coefficient (Wildman–Crippen LogP) is 4.15. The van der Waals surface area contributed by atoms with Crippen molar-refractivity contribution in [2.75, 3.05) is 27.7 Å². The van der Waals surface area contributed by atoms with Crippen LogP contribution >= 0.6 is 8.20 Å². The van der Waals surface area contributed by atoms with Crippen LogP contribution in [-0.2, 0) is 0 Å². The van der Waals surface area contributed by atoms with Crippen molar-refractivity contribution in [3.05, 3.63) is 0 Å². The zero-order valence-electron chi connectivity index (χ0n) is 16.0. The zero-order valence-corrected chi connectivity index (χ0v) is 16.9. The lowest BCUT2D eigenvalue weighted by Crippen LogP contribution is -2.40. The fraction of sp³-hybridized carbons (Fsp3) is 0.947. The van der Waals surface area contributed by atoms with Gasteiger partial charge in [0.2, 0.25) is 0 Å². The molecule has 0 aliphatic carbocycles. The van der Waals surface area contributed by atoms with Gasteiger partial charge >= 0.3 is 0 Å². The SMILES string of the molecule is CCCCCCCCCCCCCC([O-])=PC(O)C[N+](C)(C)C. The molecule has 0 heterocycles. The average Bonchev–Trinajstić information content (AvgIpc) is 2.42. The Hall–Kier alpha value is 0.0500. The van der Waals surface area contributed by atoms with Crippen LogP contribution in [0.25, 0.3) is 0 Å². The molecule has 0 bridgehead atoms. The average molecular weight is 346 g/mol. The van der Waals surface area contributed by atoms with Crippen LogP contribution in [0.3, 0.4) is 0 Å². The molecule has 0 saturated heterocycles. The van der Waals surface area contributed by atoms with E-state index in [0.29, 0.717) is 25.7 Å². The highest BCUT2D eigenvalue weighted by molar-refractivity contribution is 7.40. The van der Waals surface area contributed by atoms with Gasteiger partial charge in [0.05, 0.1) is 21.1 Å². The highest BCUT2D eigenvalue weighted by Gasteiger charge is 2.12. The molecule has 0 spiro atoms. The lowest BCUT2D eigenvalue weighted by molar-refractivity contribution is -0.871. The molecule has 0 radical (unpaired) electrons. The Bertz CT molecular complexity index is 300. The molecule has 0 aromatic rings. The minimum atomic E-state index is -0.518. The zero-order chi connectivity index (χ0) is 17.6. The van der Waals surface area contributed by atoms with Gasteiger partial charge < -0.3 is 14.7 Å². The Morgan fingerprint density at radius 1 is 0.870 bits per heavy atom. The molecule has 1 atom stereocenters. The van der Waals surface area contributed by atoms with Gasteiger partial charge in [0.1, 0.15) is 12.4 Å². The molecule has 3 nitrogen and oxygen atoms in total. The summed E-state index contributed by atoms with van der Waals surface area (Å²) >= 11 is 0. The Morgan fingerprint density at radius 3 is 1.74 bits per heavy atom. The van der Waals surface area contributed by atoms with Gasteiger partial charge in [0, 0.05) is 0 Å². The van der Waals surface area contributed by atoms with Crippen molar-refractivity contribution in [2.45, 2.75) is 89.8 Å². The fourth-order valence-corrected chi connectivity index (χ4v) is 3.89. The Balaban J connectivity index is 3.46. The van der Waals surface area contributed by atoms with Gasteiger partial charge in [0.25, 0.3) is 0 Å². The van der Waals surface area contributed by atoms with Crippen molar-refractivity contribution < 1.29 is 14.7 Å². The lowest BCUT2D eigenvalue weighted by atomic mass is 10.1. The van der Waals surface area contributed by atoms with E-state index in [9.17, 15) is 10.2 Å². The molecular formula is C19H40NO2P. The molecular weight excluding hydrogens is 305 g/mol. The second-order valence-electron chi connectivity index (χ2n) is 7.76. The summed E-state index contributed by atoms with van der Waals surface area (Å²) in [6.07, 6.45) is 15.0. The van der Waals surface area contributed by atoms with E-state index in [-0.39, 0.29) is 5.48 Å². The monoisotopic (exact) mass is 345 g/mol. The number of likely N-dealkylation sites (N-methyl/N-ethyl adjacent to an activating group) is 1. The van der Waals surface area contributed by atoms with Crippen molar-refractivity contribution in [2.24, 2.45) is 0 Å². The summed E-state index contributed by atoms with van der Waals surface area (Å²) in [4.78, 5) is 0. The summed E-state index contributed by atoms with van der Waals surface area (Å²) in [5.74, 6) is -0.518. The fourth-order valence-electron chi connectivity index (χ4n) is 2.70. The number of quaternary nitrogens is 1. The second-order valence-corrected chi connectivity index (χ2v) is 9.11. The summed E-state index contributed by atoms with van der Waals surface area (Å²) in [5, 5.41) is 21.7. The largest absolute Gasteiger partial charge is 0.827 e. The smallest absolute Gasteiger partial charge is 0.142 e. The number of hydrogen-bond acceptors (Lipinski definition) is 2. The molecule has 0 aromatic heterocycles. The quantitative estimate of drug-likeness (QED) is 0.275. The third-order valence-corrected chi connectivity index (χ3v) is 4.97. The van der Waals surface area contributed by atoms with Crippen LogP contribution in [0.1, 0.15) is 84.0 Å². The lowest BCUT2D eigenvalue weighted by Gasteiger charge is -2.26. The van der Waals surface area contributed by atoms with Crippen LogP contribution in [-0.4, -0.2) is 48.6 Å². The van der Waals surface area contributed by atoms with Gasteiger partial charge in [0.15, 0.2) is 0 Å². The standard InChI is InChI=1S/C19H40NO2P/c1-5-6-7-8-9-10-11-12-13-14-15-16-18(21)23-19(22)17-20(2,3)4/h19,22H,5-17H2,1-4H3. The summed E-state index contributed by atoms with van der Waals surface area (Å²) in [5.41, 5.74) is 0.196. The molecule has 0 rings (SSSR count). The first kappa shape index (κ1) is 23.1. The third-order valence-electron chi connectivity index (χ3n) is 4.00. The Labute approximate surface area is 146 Å². The van der Waals surface area contributed by atoms with Gasteiger partial charge in [-0.15, -0.1) is 5.48 Å². The Morgan fingerprint density at radius 2 is 1.30 bits per heavy atom. The maximum absolute atomic E-state index is 11.8. The molecule has 1 N–H and O–H groups in total. The van der Waals surface area contributed by atoms with Crippen LogP contribution in [0.2, 0.25) is 0 Å². The molecule has 0 aliphatic heterocycles. The predicted molar refractivity (Wildman–Crippen MR) is 102 cm³/mol. The first-order chi connectivity index (χ1) is 10.8. The van der Waals surface area contributed by atoms with E-state index in [0.717, 1.165) is 12.8 Å². The number of hydrogen-bond donors (Lipinski definition) is 1. The van der Waals surface area contributed by atoms with Crippen LogP contribution < -0.4 is 5.11 Å². The van der Waals surface area contributed by atoms with Crippen LogP contribution in [0, 0.1) is 0 Å². The number of nitrogens with zero attached hydrogens (tertiary/aromatic N) is 1. The second kappa shape index (κ2) is 14.4. The Kier molecular flexibility index (Phi) is 14.4. The number of rotatable bonds is 15. The van der Waals surface area contributed by atoms with E-state index in [4.69, 9.17) is 0 Å². The van der Waals surface area contributed by atoms with Crippen molar-refractivity contribution in [1.82, 2.24) is 0 Å². The third kappa shape index (κ3) is 18.2. The summed E-state index contributed by atoms with van der Waals surface area (Å²) < 4.78 is 0.694. The van der Waals surface area contributed by atoms with Crippen LogP contribution in [0.4, 0.5) is 0 Å². The van der Waals surface area contributed by atoms with Gasteiger partial charge in [-0.3, -0.25) is 0 Å². The topological polar surface area (TPSA) is 43.3 Å². The molecule has 4 heteroatoms. The van der Waals surface area contributed by atoms with E-state index >= 15 is 0 Å². The van der Waals surface area contributed by atoms with E-state index in [1.807, 2.05) is 21.1 Å². The number of aliphatic hydroxyl groups excluding tert-OH is 1. The molecule has 0 aromatic carbocycles. The maximum atomic E-state index is 11.8. The van der Waals surface area contributed by atoms with Gasteiger partial charge in [-0.1, -0.05) is 85.8 Å². The van der Waals surface area contributed by atoms with E-state index < -0.39 is 5.85 Å². The molecule has 138 valence electrons. The van der Waals surface area contributed by atoms with Crippen molar-refractivity contribution in [1.29, 1.82) is 0 Å². The molecule has 0 aliphatic rings. The minimum Gasteiger partial charge on any atom is -0.827 e. The molecule has 23 heavy (non-hydrogen) atoms. The molecule has 0 saturated carbocycles. The first-order valence-electron chi connectivity index (χ1n) is 9.57. The van der Waals surface area contributed by atoms with Gasteiger partial charge in [-0.25, -0.2) is 0 Å². The first-order valence-corrected chi connectivity index (χ1v) is 10.5.